The van der Waals surface area contributed by atoms with Crippen LogP contribution in [0.1, 0.15) is 55.6 Å². The van der Waals surface area contributed by atoms with Crippen molar-refractivity contribution in [3.8, 4) is 5.69 Å². The molecule has 4 nitrogen and oxygen atoms in total. The third-order valence-electron chi connectivity index (χ3n) is 7.20. The van der Waals surface area contributed by atoms with Crippen molar-refractivity contribution in [1.82, 2.24) is 19.8 Å². The molecular weight excluding hydrogens is 424 g/mol. The predicted molar refractivity (Wildman–Crippen MR) is 137 cm³/mol. The topological polar surface area (TPSA) is 33.1 Å². The van der Waals surface area contributed by atoms with Crippen molar-refractivity contribution in [2.24, 2.45) is 0 Å². The number of pyridine rings is 1. The molecule has 166 valence electrons. The zero-order valence-electron chi connectivity index (χ0n) is 18.6. The number of benzene rings is 2. The molecule has 1 saturated carbocycles. The summed E-state index contributed by atoms with van der Waals surface area (Å²) in [4.78, 5) is 7.21. The van der Waals surface area contributed by atoms with Gasteiger partial charge in [-0.2, -0.15) is 0 Å². The van der Waals surface area contributed by atoms with Gasteiger partial charge in [-0.1, -0.05) is 55.7 Å². The van der Waals surface area contributed by atoms with Crippen LogP contribution in [0.25, 0.3) is 16.5 Å². The van der Waals surface area contributed by atoms with Crippen LogP contribution in [-0.4, -0.2) is 25.6 Å². The Kier molecular flexibility index (Phi) is 5.35. The van der Waals surface area contributed by atoms with Crippen molar-refractivity contribution in [2.75, 3.05) is 0 Å². The van der Waals surface area contributed by atoms with Crippen LogP contribution in [0.4, 0.5) is 0 Å². The summed E-state index contributed by atoms with van der Waals surface area (Å²) in [5.74, 6) is 0. The summed E-state index contributed by atoms with van der Waals surface area (Å²) in [6, 6.07) is 26.4. The quantitative estimate of drug-likeness (QED) is 0.367. The van der Waals surface area contributed by atoms with E-state index in [2.05, 4.69) is 87.7 Å². The number of rotatable bonds is 4. The van der Waals surface area contributed by atoms with Gasteiger partial charge in [0.2, 0.25) is 0 Å². The van der Waals surface area contributed by atoms with Crippen LogP contribution in [0.5, 0.6) is 0 Å². The van der Waals surface area contributed by atoms with Gasteiger partial charge in [-0.25, -0.2) is 0 Å². The zero-order valence-corrected chi connectivity index (χ0v) is 19.4. The molecule has 1 saturated heterocycles. The number of hydrogen-bond acceptors (Lipinski definition) is 2. The fourth-order valence-electron chi connectivity index (χ4n) is 5.63. The Balaban J connectivity index is 1.47. The fraction of sp³-hybridized carbons (Fsp3) is 0.286. The van der Waals surface area contributed by atoms with Crippen LogP contribution >= 0.6 is 12.2 Å². The number of nitrogens with one attached hydrogen (secondary N) is 1. The first-order chi connectivity index (χ1) is 16.3. The third kappa shape index (κ3) is 3.70. The summed E-state index contributed by atoms with van der Waals surface area (Å²) in [6.07, 6.45) is 10.3. The Morgan fingerprint density at radius 1 is 0.848 bits per heavy atom. The van der Waals surface area contributed by atoms with Crippen molar-refractivity contribution >= 4 is 28.1 Å². The predicted octanol–water partition coefficient (Wildman–Crippen LogP) is 6.33. The Bertz CT molecular complexity index is 1280. The lowest BCUT2D eigenvalue weighted by molar-refractivity contribution is 0.193. The average molecular weight is 453 g/mol. The van der Waals surface area contributed by atoms with Gasteiger partial charge in [0.25, 0.3) is 0 Å². The minimum absolute atomic E-state index is 0.0229. The maximum atomic E-state index is 5.95. The van der Waals surface area contributed by atoms with E-state index in [1.807, 2.05) is 12.3 Å². The van der Waals surface area contributed by atoms with Gasteiger partial charge >= 0.3 is 0 Å². The van der Waals surface area contributed by atoms with Crippen LogP contribution < -0.4 is 5.32 Å². The van der Waals surface area contributed by atoms with Crippen LogP contribution in [0.2, 0.25) is 0 Å². The summed E-state index contributed by atoms with van der Waals surface area (Å²) in [6.45, 7) is 0. The van der Waals surface area contributed by atoms with Gasteiger partial charge in [-0.15, -0.1) is 0 Å². The first kappa shape index (κ1) is 20.4. The van der Waals surface area contributed by atoms with Crippen LogP contribution in [0.15, 0.2) is 85.2 Å². The smallest absolute Gasteiger partial charge is 0.170 e. The second-order valence-corrected chi connectivity index (χ2v) is 9.55. The second kappa shape index (κ2) is 8.64. The molecule has 0 amide bonds. The van der Waals surface area contributed by atoms with Gasteiger partial charge in [0.05, 0.1) is 17.8 Å². The number of nitrogens with zero attached hydrogens (tertiary/aromatic N) is 3. The largest absolute Gasteiger partial charge is 0.352 e. The Morgan fingerprint density at radius 2 is 1.67 bits per heavy atom. The molecule has 2 aliphatic rings. The number of hydrogen-bond donors (Lipinski definition) is 1. The van der Waals surface area contributed by atoms with E-state index in [0.29, 0.717) is 6.04 Å². The van der Waals surface area contributed by atoms with Gasteiger partial charge in [0.15, 0.2) is 5.11 Å². The van der Waals surface area contributed by atoms with E-state index in [-0.39, 0.29) is 12.1 Å². The number of fused-ring (bicyclic) bond motifs is 1. The fourth-order valence-corrected chi connectivity index (χ4v) is 6.02. The minimum Gasteiger partial charge on any atom is -0.352 e. The summed E-state index contributed by atoms with van der Waals surface area (Å²) in [5.41, 5.74) is 3.46. The van der Waals surface area contributed by atoms with Gasteiger partial charge < -0.3 is 14.8 Å². The average Bonchev–Trinajstić information content (AvgIpc) is 3.49. The summed E-state index contributed by atoms with van der Waals surface area (Å²) >= 11 is 5.95. The Hall–Kier alpha value is -3.18. The van der Waals surface area contributed by atoms with E-state index < -0.39 is 0 Å². The molecule has 0 radical (unpaired) electrons. The molecule has 2 aromatic heterocycles. The van der Waals surface area contributed by atoms with Crippen molar-refractivity contribution in [1.29, 1.82) is 0 Å². The molecule has 6 rings (SSSR count). The lowest BCUT2D eigenvalue weighted by Crippen LogP contribution is -2.40. The minimum atomic E-state index is 0.0229. The van der Waals surface area contributed by atoms with Crippen LogP contribution in [-0.2, 0) is 0 Å². The zero-order chi connectivity index (χ0) is 22.2. The van der Waals surface area contributed by atoms with Crippen molar-refractivity contribution in [3.05, 3.63) is 96.6 Å². The first-order valence-electron chi connectivity index (χ1n) is 12.0. The number of aromatic nitrogens is 2. The van der Waals surface area contributed by atoms with E-state index in [0.717, 1.165) is 10.8 Å². The van der Waals surface area contributed by atoms with Crippen LogP contribution in [0, 0.1) is 0 Å². The molecular formula is C28H28N4S. The Labute approximate surface area is 200 Å². The van der Waals surface area contributed by atoms with E-state index in [1.54, 1.807) is 0 Å². The maximum absolute atomic E-state index is 5.95. The molecule has 1 aliphatic heterocycles. The van der Waals surface area contributed by atoms with Gasteiger partial charge in [0, 0.05) is 29.8 Å². The van der Waals surface area contributed by atoms with Crippen LogP contribution in [0.3, 0.4) is 0 Å². The molecule has 33 heavy (non-hydrogen) atoms. The number of thiocarbonyl (C=S) groups is 1. The van der Waals surface area contributed by atoms with E-state index in [1.165, 1.54) is 54.3 Å². The summed E-state index contributed by atoms with van der Waals surface area (Å²) in [5, 5.41) is 7.01. The highest BCUT2D eigenvalue weighted by molar-refractivity contribution is 7.80. The highest BCUT2D eigenvalue weighted by atomic mass is 32.1. The molecule has 2 fully saturated rings. The van der Waals surface area contributed by atoms with Gasteiger partial charge in [-0.05, 0) is 72.2 Å². The van der Waals surface area contributed by atoms with E-state index in [9.17, 15) is 0 Å². The standard InChI is InChI=1S/C28H28N4S/c33-28-30-26(24-13-6-7-17-29-24)27(32(28)22-11-2-1-3-12-22)25-14-8-18-31(25)23-16-15-20-9-4-5-10-21(20)19-23/h4-10,13-19,22,26-27H,1-3,11-12H2,(H,30,33)/t26-,27-/m1/s1. The first-order valence-corrected chi connectivity index (χ1v) is 12.4. The molecule has 2 aromatic carbocycles. The van der Waals surface area contributed by atoms with Crippen molar-refractivity contribution in [3.63, 3.8) is 0 Å². The molecule has 5 heteroatoms. The van der Waals surface area contributed by atoms with Gasteiger partial charge in [-0.3, -0.25) is 4.98 Å². The molecule has 0 unspecified atom stereocenters. The molecule has 1 N–H and O–H groups in total. The normalized spacial score (nSPS) is 21.5. The highest BCUT2D eigenvalue weighted by Gasteiger charge is 2.44. The van der Waals surface area contributed by atoms with E-state index in [4.69, 9.17) is 17.2 Å². The summed E-state index contributed by atoms with van der Waals surface area (Å²) < 4.78 is 2.33. The maximum Gasteiger partial charge on any atom is 0.170 e. The molecule has 2 atom stereocenters. The molecule has 1 aliphatic carbocycles. The summed E-state index contributed by atoms with van der Waals surface area (Å²) in [7, 11) is 0. The van der Waals surface area contributed by atoms with E-state index >= 15 is 0 Å². The lowest BCUT2D eigenvalue weighted by Gasteiger charge is -2.37. The molecule has 0 spiro atoms. The molecule has 0 bridgehead atoms. The van der Waals surface area contributed by atoms with Gasteiger partial charge in [0.1, 0.15) is 0 Å². The van der Waals surface area contributed by atoms with Crippen molar-refractivity contribution < 1.29 is 0 Å². The molecule has 3 heterocycles. The second-order valence-electron chi connectivity index (χ2n) is 9.16. The van der Waals surface area contributed by atoms with Crippen molar-refractivity contribution in [2.45, 2.75) is 50.2 Å². The third-order valence-corrected chi connectivity index (χ3v) is 7.53. The lowest BCUT2D eigenvalue weighted by atomic mass is 9.92. The molecule has 4 aromatic rings. The monoisotopic (exact) mass is 452 g/mol. The SMILES string of the molecule is S=C1N[C@H](c2ccccn2)[C@@H](c2cccn2-c2ccc3ccccc3c2)N1C1CCCCC1. The Morgan fingerprint density at radius 3 is 2.48 bits per heavy atom. The highest BCUT2D eigenvalue weighted by Crippen LogP contribution is 2.43.